The van der Waals surface area contributed by atoms with Crippen molar-refractivity contribution in [2.24, 2.45) is 5.92 Å². The van der Waals surface area contributed by atoms with Gasteiger partial charge < -0.3 is 4.74 Å². The second kappa shape index (κ2) is 6.35. The lowest BCUT2D eigenvalue weighted by molar-refractivity contribution is -0.142. The predicted molar refractivity (Wildman–Crippen MR) is 54.9 cm³/mol. The third kappa shape index (κ3) is 3.73. The van der Waals surface area contributed by atoms with Crippen molar-refractivity contribution in [1.29, 1.82) is 0 Å². The van der Waals surface area contributed by atoms with Crippen LogP contribution < -0.4 is 0 Å². The van der Waals surface area contributed by atoms with Crippen LogP contribution in [0, 0.1) is 5.92 Å². The molecular formula is C11H18O3. The van der Waals surface area contributed by atoms with Crippen LogP contribution in [-0.2, 0) is 14.3 Å². The third-order valence-corrected chi connectivity index (χ3v) is 1.95. The topological polar surface area (TPSA) is 43.4 Å². The van der Waals surface area contributed by atoms with E-state index in [4.69, 9.17) is 4.74 Å². The summed E-state index contributed by atoms with van der Waals surface area (Å²) in [6.45, 7) is 9.63. The normalized spacial score (nSPS) is 19.4. The minimum absolute atomic E-state index is 0.0427. The number of carbonyl (C=O) groups excluding carboxylic acids is 2. The molecule has 0 spiro atoms. The number of esters is 1. The Morgan fingerprint density at radius 2 is 2.14 bits per heavy atom. The molecule has 3 heteroatoms. The zero-order chi connectivity index (χ0) is 11.1. The van der Waals surface area contributed by atoms with Crippen molar-refractivity contribution in [2.45, 2.75) is 33.6 Å². The highest BCUT2D eigenvalue weighted by molar-refractivity contribution is 5.96. The van der Waals surface area contributed by atoms with Crippen LogP contribution in [0.1, 0.15) is 33.6 Å². The summed E-state index contributed by atoms with van der Waals surface area (Å²) in [7, 11) is 0. The standard InChI is InChI=1S/C9H12O3.C2H6/c1-6(2)8(10)5-7-3-4-12-9(7)11;1-2/h7H,1,3-5H2,2H3;1-2H3. The van der Waals surface area contributed by atoms with E-state index < -0.39 is 0 Å². The van der Waals surface area contributed by atoms with Gasteiger partial charge in [0.15, 0.2) is 5.78 Å². The Morgan fingerprint density at radius 3 is 2.50 bits per heavy atom. The molecule has 1 heterocycles. The van der Waals surface area contributed by atoms with Crippen molar-refractivity contribution < 1.29 is 14.3 Å². The summed E-state index contributed by atoms with van der Waals surface area (Å²) in [5.41, 5.74) is 0.509. The highest BCUT2D eigenvalue weighted by Gasteiger charge is 2.28. The number of hydrogen-bond acceptors (Lipinski definition) is 3. The lowest BCUT2D eigenvalue weighted by Crippen LogP contribution is -2.13. The van der Waals surface area contributed by atoms with Crippen molar-refractivity contribution in [1.82, 2.24) is 0 Å². The Kier molecular flexibility index (Phi) is 5.84. The largest absolute Gasteiger partial charge is 0.465 e. The van der Waals surface area contributed by atoms with Gasteiger partial charge in [0.2, 0.25) is 0 Å². The fourth-order valence-electron chi connectivity index (χ4n) is 1.12. The van der Waals surface area contributed by atoms with Crippen LogP contribution in [0.3, 0.4) is 0 Å². The van der Waals surface area contributed by atoms with Crippen LogP contribution in [-0.4, -0.2) is 18.4 Å². The first kappa shape index (κ1) is 12.9. The van der Waals surface area contributed by atoms with E-state index >= 15 is 0 Å². The van der Waals surface area contributed by atoms with Gasteiger partial charge in [-0.2, -0.15) is 0 Å². The van der Waals surface area contributed by atoms with E-state index in [1.54, 1.807) is 6.92 Å². The molecule has 0 aliphatic carbocycles. The van der Waals surface area contributed by atoms with Gasteiger partial charge in [0.25, 0.3) is 0 Å². The number of ether oxygens (including phenoxy) is 1. The molecule has 1 aliphatic heterocycles. The zero-order valence-electron chi connectivity index (χ0n) is 9.13. The Labute approximate surface area is 85.1 Å². The number of Topliss-reactive ketones (excluding diaryl/α,β-unsaturated/α-hetero) is 1. The number of cyclic esters (lactones) is 1. The first-order valence-electron chi connectivity index (χ1n) is 4.96. The van der Waals surface area contributed by atoms with Crippen molar-refractivity contribution in [2.75, 3.05) is 6.61 Å². The van der Waals surface area contributed by atoms with Gasteiger partial charge in [0, 0.05) is 6.42 Å². The Balaban J connectivity index is 0.000000791. The van der Waals surface area contributed by atoms with E-state index in [0.29, 0.717) is 18.6 Å². The van der Waals surface area contributed by atoms with Crippen molar-refractivity contribution in [3.63, 3.8) is 0 Å². The third-order valence-electron chi connectivity index (χ3n) is 1.95. The van der Waals surface area contributed by atoms with Gasteiger partial charge >= 0.3 is 5.97 Å². The highest BCUT2D eigenvalue weighted by atomic mass is 16.5. The van der Waals surface area contributed by atoms with E-state index in [9.17, 15) is 9.59 Å². The first-order valence-corrected chi connectivity index (χ1v) is 4.96. The molecule has 0 amide bonds. The average molecular weight is 198 g/mol. The highest BCUT2D eigenvalue weighted by Crippen LogP contribution is 2.19. The minimum atomic E-state index is -0.246. The number of rotatable bonds is 3. The summed E-state index contributed by atoms with van der Waals surface area (Å²) >= 11 is 0. The molecule has 0 N–H and O–H groups in total. The predicted octanol–water partition coefficient (Wildman–Crippen LogP) is 2.11. The van der Waals surface area contributed by atoms with Crippen LogP contribution in [0.25, 0.3) is 0 Å². The van der Waals surface area contributed by atoms with Gasteiger partial charge in [-0.25, -0.2) is 0 Å². The first-order chi connectivity index (χ1) is 6.61. The fourth-order valence-corrected chi connectivity index (χ4v) is 1.12. The maximum Gasteiger partial charge on any atom is 0.309 e. The molecule has 0 aromatic carbocycles. The van der Waals surface area contributed by atoms with Gasteiger partial charge in [-0.15, -0.1) is 0 Å². The minimum Gasteiger partial charge on any atom is -0.465 e. The quantitative estimate of drug-likeness (QED) is 0.515. The maximum atomic E-state index is 11.1. The fraction of sp³-hybridized carbons (Fsp3) is 0.636. The molecule has 1 rings (SSSR count). The number of ketones is 1. The zero-order valence-corrected chi connectivity index (χ0v) is 9.13. The molecule has 1 atom stereocenters. The lowest BCUT2D eigenvalue weighted by atomic mass is 9.98. The molecule has 1 fully saturated rings. The van der Waals surface area contributed by atoms with Gasteiger partial charge in [-0.05, 0) is 18.9 Å². The van der Waals surface area contributed by atoms with Crippen LogP contribution in [0.4, 0.5) is 0 Å². The molecule has 1 saturated heterocycles. The van der Waals surface area contributed by atoms with E-state index in [1.165, 1.54) is 0 Å². The van der Waals surface area contributed by atoms with E-state index in [-0.39, 0.29) is 24.1 Å². The summed E-state index contributed by atoms with van der Waals surface area (Å²) in [6, 6.07) is 0. The molecule has 0 bridgehead atoms. The van der Waals surface area contributed by atoms with Gasteiger partial charge in [-0.3, -0.25) is 9.59 Å². The van der Waals surface area contributed by atoms with Gasteiger partial charge in [0.05, 0.1) is 12.5 Å². The van der Waals surface area contributed by atoms with E-state index in [1.807, 2.05) is 13.8 Å². The van der Waals surface area contributed by atoms with Crippen LogP contribution in [0.15, 0.2) is 12.2 Å². The molecular weight excluding hydrogens is 180 g/mol. The SMILES string of the molecule is C=C(C)C(=O)CC1CCOC1=O.CC. The van der Waals surface area contributed by atoms with Gasteiger partial charge in [0.1, 0.15) is 0 Å². The number of hydrogen-bond donors (Lipinski definition) is 0. The molecule has 1 aliphatic rings. The monoisotopic (exact) mass is 198 g/mol. The molecule has 3 nitrogen and oxygen atoms in total. The smallest absolute Gasteiger partial charge is 0.309 e. The summed E-state index contributed by atoms with van der Waals surface area (Å²) in [5.74, 6) is -0.516. The van der Waals surface area contributed by atoms with Crippen molar-refractivity contribution in [3.05, 3.63) is 12.2 Å². The molecule has 14 heavy (non-hydrogen) atoms. The molecule has 0 radical (unpaired) electrons. The molecule has 0 aromatic heterocycles. The summed E-state index contributed by atoms with van der Waals surface area (Å²) in [5, 5.41) is 0. The number of allylic oxidation sites excluding steroid dienone is 1. The Morgan fingerprint density at radius 1 is 1.57 bits per heavy atom. The van der Waals surface area contributed by atoms with Crippen LogP contribution >= 0.6 is 0 Å². The molecule has 0 aromatic rings. The van der Waals surface area contributed by atoms with E-state index in [0.717, 1.165) is 0 Å². The second-order valence-electron chi connectivity index (χ2n) is 3.06. The molecule has 0 saturated carbocycles. The summed E-state index contributed by atoms with van der Waals surface area (Å²) in [4.78, 5) is 22.1. The summed E-state index contributed by atoms with van der Waals surface area (Å²) < 4.78 is 4.73. The van der Waals surface area contributed by atoms with Crippen LogP contribution in [0.2, 0.25) is 0 Å². The molecule has 1 unspecified atom stereocenters. The van der Waals surface area contributed by atoms with E-state index in [2.05, 4.69) is 6.58 Å². The number of carbonyl (C=O) groups is 2. The van der Waals surface area contributed by atoms with Crippen LogP contribution in [0.5, 0.6) is 0 Å². The lowest BCUT2D eigenvalue weighted by Gasteiger charge is -2.02. The van der Waals surface area contributed by atoms with Crippen molar-refractivity contribution >= 4 is 11.8 Å². The summed E-state index contributed by atoms with van der Waals surface area (Å²) in [6.07, 6.45) is 0.923. The van der Waals surface area contributed by atoms with Gasteiger partial charge in [-0.1, -0.05) is 20.4 Å². The maximum absolute atomic E-state index is 11.1. The average Bonchev–Trinajstić information content (AvgIpc) is 2.55. The van der Waals surface area contributed by atoms with Crippen molar-refractivity contribution in [3.8, 4) is 0 Å². The Hall–Kier alpha value is -1.12. The Bertz CT molecular complexity index is 231. The second-order valence-corrected chi connectivity index (χ2v) is 3.06. The molecule has 80 valence electrons.